The molecule has 25 heavy (non-hydrogen) atoms. The van der Waals surface area contributed by atoms with Gasteiger partial charge in [-0.15, -0.1) is 0 Å². The van der Waals surface area contributed by atoms with E-state index < -0.39 is 15.7 Å². The maximum Gasteiger partial charge on any atom is 0.224 e. The van der Waals surface area contributed by atoms with Crippen LogP contribution in [0.1, 0.15) is 25.3 Å². The van der Waals surface area contributed by atoms with Gasteiger partial charge in [-0.3, -0.25) is 9.59 Å². The van der Waals surface area contributed by atoms with E-state index in [2.05, 4.69) is 0 Å². The van der Waals surface area contributed by atoms with E-state index in [-0.39, 0.29) is 48.9 Å². The van der Waals surface area contributed by atoms with Gasteiger partial charge in [0.1, 0.15) is 5.82 Å². The second kappa shape index (κ2) is 7.95. The number of nitrogens with zero attached hydrogens (tertiary/aromatic N) is 2. The first kappa shape index (κ1) is 19.4. The standard InChI is InChI=1S/C17H23FN2O4S/c1-13(21)20(11-14-5-3-4-6-16(14)18)9-7-17(22)19(2)15-8-10-25(23,24)12-15/h3-6,15H,7-12H2,1-2H3. The van der Waals surface area contributed by atoms with Crippen LogP contribution in [0.2, 0.25) is 0 Å². The lowest BCUT2D eigenvalue weighted by Crippen LogP contribution is -2.40. The third kappa shape index (κ3) is 5.26. The summed E-state index contributed by atoms with van der Waals surface area (Å²) in [6.07, 6.45) is 0.511. The van der Waals surface area contributed by atoms with Crippen molar-refractivity contribution in [3.63, 3.8) is 0 Å². The maximum atomic E-state index is 13.7. The van der Waals surface area contributed by atoms with E-state index in [1.165, 1.54) is 22.8 Å². The number of halogens is 1. The normalized spacial score (nSPS) is 18.8. The molecule has 1 saturated heterocycles. The molecule has 1 heterocycles. The SMILES string of the molecule is CC(=O)N(CCC(=O)N(C)C1CCS(=O)(=O)C1)Cc1ccccc1F. The molecule has 0 bridgehead atoms. The Kier molecular flexibility index (Phi) is 6.16. The minimum absolute atomic E-state index is 0.0130. The van der Waals surface area contributed by atoms with Crippen LogP contribution in [0.5, 0.6) is 0 Å². The van der Waals surface area contributed by atoms with Gasteiger partial charge >= 0.3 is 0 Å². The van der Waals surface area contributed by atoms with Gasteiger partial charge in [0.05, 0.1) is 11.5 Å². The van der Waals surface area contributed by atoms with Gasteiger partial charge in [-0.1, -0.05) is 18.2 Å². The molecule has 1 fully saturated rings. The fraction of sp³-hybridized carbons (Fsp3) is 0.529. The van der Waals surface area contributed by atoms with E-state index in [1.54, 1.807) is 25.2 Å². The summed E-state index contributed by atoms with van der Waals surface area (Å²) < 4.78 is 36.8. The lowest BCUT2D eigenvalue weighted by Gasteiger charge is -2.26. The van der Waals surface area contributed by atoms with Gasteiger partial charge in [0.15, 0.2) is 9.84 Å². The number of hydrogen-bond donors (Lipinski definition) is 0. The number of benzene rings is 1. The van der Waals surface area contributed by atoms with Crippen LogP contribution < -0.4 is 0 Å². The highest BCUT2D eigenvalue weighted by atomic mass is 32.2. The zero-order chi connectivity index (χ0) is 18.6. The number of rotatable bonds is 6. The second-order valence-corrected chi connectivity index (χ2v) is 8.57. The van der Waals surface area contributed by atoms with E-state index in [0.717, 1.165) is 0 Å². The largest absolute Gasteiger partial charge is 0.342 e. The predicted molar refractivity (Wildman–Crippen MR) is 91.9 cm³/mol. The van der Waals surface area contributed by atoms with Crippen molar-refractivity contribution in [3.8, 4) is 0 Å². The van der Waals surface area contributed by atoms with Gasteiger partial charge in [-0.05, 0) is 12.5 Å². The van der Waals surface area contributed by atoms with Gasteiger partial charge in [0, 0.05) is 45.1 Å². The van der Waals surface area contributed by atoms with Gasteiger partial charge in [0.2, 0.25) is 11.8 Å². The van der Waals surface area contributed by atoms with Crippen molar-refractivity contribution in [2.45, 2.75) is 32.4 Å². The zero-order valence-corrected chi connectivity index (χ0v) is 15.3. The molecule has 2 amide bonds. The molecule has 1 aliphatic rings. The molecule has 1 aromatic rings. The molecule has 6 nitrogen and oxygen atoms in total. The number of amides is 2. The van der Waals surface area contributed by atoms with E-state index in [4.69, 9.17) is 0 Å². The van der Waals surface area contributed by atoms with Crippen molar-refractivity contribution in [2.24, 2.45) is 0 Å². The molecule has 0 radical (unpaired) electrons. The smallest absolute Gasteiger partial charge is 0.224 e. The van der Waals surface area contributed by atoms with Gasteiger partial charge < -0.3 is 9.80 Å². The summed E-state index contributed by atoms with van der Waals surface area (Å²) in [6, 6.07) is 5.88. The van der Waals surface area contributed by atoms with Crippen molar-refractivity contribution in [3.05, 3.63) is 35.6 Å². The van der Waals surface area contributed by atoms with Gasteiger partial charge in [-0.25, -0.2) is 12.8 Å². The Hall–Kier alpha value is -1.96. The number of sulfone groups is 1. The summed E-state index contributed by atoms with van der Waals surface area (Å²) >= 11 is 0. The second-order valence-electron chi connectivity index (χ2n) is 6.34. The minimum atomic E-state index is -3.06. The van der Waals surface area contributed by atoms with Crippen molar-refractivity contribution in [1.82, 2.24) is 9.80 Å². The lowest BCUT2D eigenvalue weighted by atomic mass is 10.2. The fourth-order valence-electron chi connectivity index (χ4n) is 2.87. The monoisotopic (exact) mass is 370 g/mol. The van der Waals surface area contributed by atoms with Crippen molar-refractivity contribution < 1.29 is 22.4 Å². The molecule has 0 spiro atoms. The van der Waals surface area contributed by atoms with Crippen LogP contribution in [-0.2, 0) is 26.0 Å². The third-order valence-electron chi connectivity index (χ3n) is 4.51. The van der Waals surface area contributed by atoms with Crippen molar-refractivity contribution >= 4 is 21.7 Å². The van der Waals surface area contributed by atoms with Crippen LogP contribution in [0.25, 0.3) is 0 Å². The summed E-state index contributed by atoms with van der Waals surface area (Å²) in [6.45, 7) is 1.63. The summed E-state index contributed by atoms with van der Waals surface area (Å²) in [7, 11) is -1.48. The number of carbonyl (C=O) groups excluding carboxylic acids is 2. The highest BCUT2D eigenvalue weighted by molar-refractivity contribution is 7.91. The average Bonchev–Trinajstić information content (AvgIpc) is 2.91. The average molecular weight is 370 g/mol. The highest BCUT2D eigenvalue weighted by Gasteiger charge is 2.32. The Bertz CT molecular complexity index is 751. The maximum absolute atomic E-state index is 13.7. The molecule has 1 aliphatic heterocycles. The number of hydrogen-bond acceptors (Lipinski definition) is 4. The van der Waals surface area contributed by atoms with Crippen LogP contribution in [0.4, 0.5) is 4.39 Å². The van der Waals surface area contributed by atoms with Crippen LogP contribution >= 0.6 is 0 Å². The molecule has 0 saturated carbocycles. The van der Waals surface area contributed by atoms with Crippen molar-refractivity contribution in [1.29, 1.82) is 0 Å². The molecule has 0 aromatic heterocycles. The summed E-state index contributed by atoms with van der Waals surface area (Å²) in [5.74, 6) is -0.777. The lowest BCUT2D eigenvalue weighted by molar-refractivity contribution is -0.134. The Labute approximate surface area is 147 Å². The molecular weight excluding hydrogens is 347 g/mol. The molecule has 2 rings (SSSR count). The molecular formula is C17H23FN2O4S. The Balaban J connectivity index is 1.93. The van der Waals surface area contributed by atoms with E-state index in [9.17, 15) is 22.4 Å². The molecule has 1 aromatic carbocycles. The first-order valence-corrected chi connectivity index (χ1v) is 9.97. The fourth-order valence-corrected chi connectivity index (χ4v) is 4.65. The van der Waals surface area contributed by atoms with Crippen LogP contribution in [0.15, 0.2) is 24.3 Å². The van der Waals surface area contributed by atoms with E-state index in [1.807, 2.05) is 0 Å². The molecule has 1 unspecified atom stereocenters. The Morgan fingerprint density at radius 3 is 2.52 bits per heavy atom. The van der Waals surface area contributed by atoms with Crippen LogP contribution in [0, 0.1) is 5.82 Å². The van der Waals surface area contributed by atoms with Gasteiger partial charge in [0.25, 0.3) is 0 Å². The highest BCUT2D eigenvalue weighted by Crippen LogP contribution is 2.17. The predicted octanol–water partition coefficient (Wildman–Crippen LogP) is 1.21. The summed E-state index contributed by atoms with van der Waals surface area (Å²) in [5.41, 5.74) is 0.389. The first-order chi connectivity index (χ1) is 11.7. The van der Waals surface area contributed by atoms with Crippen LogP contribution in [-0.4, -0.2) is 61.2 Å². The van der Waals surface area contributed by atoms with Gasteiger partial charge in [-0.2, -0.15) is 0 Å². The Morgan fingerprint density at radius 2 is 1.96 bits per heavy atom. The molecule has 1 atom stereocenters. The third-order valence-corrected chi connectivity index (χ3v) is 6.26. The minimum Gasteiger partial charge on any atom is -0.342 e. The zero-order valence-electron chi connectivity index (χ0n) is 14.4. The van der Waals surface area contributed by atoms with Crippen molar-refractivity contribution in [2.75, 3.05) is 25.1 Å². The molecule has 138 valence electrons. The van der Waals surface area contributed by atoms with Crippen LogP contribution in [0.3, 0.4) is 0 Å². The quantitative estimate of drug-likeness (QED) is 0.754. The van der Waals surface area contributed by atoms with E-state index >= 15 is 0 Å². The first-order valence-electron chi connectivity index (χ1n) is 8.14. The van der Waals surface area contributed by atoms with E-state index in [0.29, 0.717) is 12.0 Å². The summed E-state index contributed by atoms with van der Waals surface area (Å²) in [4.78, 5) is 27.0. The Morgan fingerprint density at radius 1 is 1.28 bits per heavy atom. The number of carbonyl (C=O) groups is 2. The molecule has 0 aliphatic carbocycles. The summed E-state index contributed by atoms with van der Waals surface area (Å²) in [5, 5.41) is 0. The molecule has 8 heteroatoms. The topological polar surface area (TPSA) is 74.8 Å². The molecule has 0 N–H and O–H groups in total.